The van der Waals surface area contributed by atoms with E-state index in [2.05, 4.69) is 10.3 Å². The number of benzene rings is 1. The van der Waals surface area contributed by atoms with Crippen LogP contribution in [-0.2, 0) is 6.54 Å². The van der Waals surface area contributed by atoms with Gasteiger partial charge in [0.15, 0.2) is 0 Å². The maximum absolute atomic E-state index is 13.8. The molecule has 1 aliphatic heterocycles. The number of nitrogens with one attached hydrogen (secondary N) is 1. The topological polar surface area (TPSA) is 50.2 Å². The van der Waals surface area contributed by atoms with Gasteiger partial charge in [-0.2, -0.15) is 0 Å². The van der Waals surface area contributed by atoms with Crippen LogP contribution in [0.25, 0.3) is 0 Å². The minimum Gasteiger partial charge on any atom is -0.337 e. The van der Waals surface area contributed by atoms with Crippen molar-refractivity contribution in [3.05, 3.63) is 54.1 Å². The molecule has 0 aliphatic carbocycles. The first-order chi connectivity index (χ1) is 12.0. The number of aromatic nitrogens is 2. The van der Waals surface area contributed by atoms with E-state index in [1.165, 1.54) is 12.1 Å². The summed E-state index contributed by atoms with van der Waals surface area (Å²) in [6.45, 7) is 3.54. The Hall–Kier alpha value is -2.44. The van der Waals surface area contributed by atoms with E-state index in [9.17, 15) is 13.6 Å². The largest absolute Gasteiger partial charge is 0.337 e. The average Bonchev–Trinajstić information content (AvgIpc) is 3.24. The number of likely N-dealkylation sites (tertiary alicyclic amines) is 1. The van der Waals surface area contributed by atoms with Gasteiger partial charge in [-0.05, 0) is 24.5 Å². The quantitative estimate of drug-likeness (QED) is 0.902. The molecule has 1 fully saturated rings. The van der Waals surface area contributed by atoms with Crippen molar-refractivity contribution in [2.24, 2.45) is 0 Å². The molecule has 3 rings (SSSR count). The lowest BCUT2D eigenvalue weighted by Gasteiger charge is -2.26. The van der Waals surface area contributed by atoms with Gasteiger partial charge in [0.05, 0.1) is 12.4 Å². The number of amides is 2. The molecule has 1 N–H and O–H groups in total. The number of carbonyl (C=O) groups is 1. The highest BCUT2D eigenvalue weighted by Crippen LogP contribution is 2.21. The van der Waals surface area contributed by atoms with E-state index in [-0.39, 0.29) is 18.0 Å². The van der Waals surface area contributed by atoms with Crippen molar-refractivity contribution < 1.29 is 13.6 Å². The van der Waals surface area contributed by atoms with Gasteiger partial charge in [-0.1, -0.05) is 13.0 Å². The number of rotatable bonds is 5. The molecule has 1 aliphatic rings. The molecule has 2 unspecified atom stereocenters. The van der Waals surface area contributed by atoms with Crippen molar-refractivity contribution in [2.75, 3.05) is 13.1 Å². The van der Waals surface area contributed by atoms with Crippen LogP contribution >= 0.6 is 0 Å². The molecule has 0 spiro atoms. The molecule has 7 heteroatoms. The zero-order valence-corrected chi connectivity index (χ0v) is 14.2. The maximum Gasteiger partial charge on any atom is 0.317 e. The van der Waals surface area contributed by atoms with Crippen LogP contribution in [0.4, 0.5) is 13.6 Å². The summed E-state index contributed by atoms with van der Waals surface area (Å²) in [6, 6.07) is 3.52. The summed E-state index contributed by atoms with van der Waals surface area (Å²) in [5, 5.41) is 2.88. The molecule has 2 heterocycles. The number of nitrogens with zero attached hydrogens (tertiary/aromatic N) is 3. The van der Waals surface area contributed by atoms with Gasteiger partial charge in [0.2, 0.25) is 0 Å². The first-order valence-corrected chi connectivity index (χ1v) is 8.49. The van der Waals surface area contributed by atoms with Crippen molar-refractivity contribution in [3.8, 4) is 0 Å². The SMILES string of the molecule is CC(CNC(=O)N1CCCC1Cn1ccnc1)c1ccc(F)cc1F. The summed E-state index contributed by atoms with van der Waals surface area (Å²) < 4.78 is 28.8. The Kier molecular flexibility index (Phi) is 5.31. The Morgan fingerprint density at radius 3 is 3.00 bits per heavy atom. The lowest BCUT2D eigenvalue weighted by atomic mass is 10.0. The minimum absolute atomic E-state index is 0.132. The van der Waals surface area contributed by atoms with E-state index >= 15 is 0 Å². The second kappa shape index (κ2) is 7.63. The summed E-state index contributed by atoms with van der Waals surface area (Å²) in [7, 11) is 0. The van der Waals surface area contributed by atoms with Crippen LogP contribution < -0.4 is 5.32 Å². The summed E-state index contributed by atoms with van der Waals surface area (Å²) in [4.78, 5) is 18.3. The second-order valence-electron chi connectivity index (χ2n) is 6.50. The van der Waals surface area contributed by atoms with Crippen molar-refractivity contribution >= 4 is 6.03 Å². The second-order valence-corrected chi connectivity index (χ2v) is 6.50. The molecular weight excluding hydrogens is 326 g/mol. The van der Waals surface area contributed by atoms with Gasteiger partial charge in [-0.3, -0.25) is 0 Å². The van der Waals surface area contributed by atoms with Crippen molar-refractivity contribution in [1.82, 2.24) is 19.8 Å². The maximum atomic E-state index is 13.8. The average molecular weight is 348 g/mol. The predicted octanol–water partition coefficient (Wildman–Crippen LogP) is 3.14. The number of urea groups is 1. The molecule has 2 amide bonds. The Balaban J connectivity index is 1.56. The fraction of sp³-hybridized carbons (Fsp3) is 0.444. The summed E-state index contributed by atoms with van der Waals surface area (Å²) in [5.41, 5.74) is 0.401. The van der Waals surface area contributed by atoms with Crippen LogP contribution in [-0.4, -0.2) is 39.6 Å². The van der Waals surface area contributed by atoms with E-state index in [1.54, 1.807) is 12.5 Å². The Bertz CT molecular complexity index is 720. The number of halogens is 2. The van der Waals surface area contributed by atoms with Crippen LogP contribution in [0.1, 0.15) is 31.2 Å². The minimum atomic E-state index is -0.600. The highest BCUT2D eigenvalue weighted by atomic mass is 19.1. The fourth-order valence-corrected chi connectivity index (χ4v) is 3.28. The van der Waals surface area contributed by atoms with Crippen LogP contribution in [0.15, 0.2) is 36.9 Å². The number of imidazole rings is 1. The summed E-state index contributed by atoms with van der Waals surface area (Å²) in [5.74, 6) is -1.42. The molecule has 2 atom stereocenters. The summed E-state index contributed by atoms with van der Waals surface area (Å²) in [6.07, 6.45) is 7.27. The monoisotopic (exact) mass is 348 g/mol. The predicted molar refractivity (Wildman–Crippen MR) is 90.1 cm³/mol. The number of carbonyl (C=O) groups excluding carboxylic acids is 1. The van der Waals surface area contributed by atoms with Gasteiger partial charge in [0, 0.05) is 44.0 Å². The Morgan fingerprint density at radius 2 is 2.28 bits per heavy atom. The molecule has 1 saturated heterocycles. The number of hydrogen-bond donors (Lipinski definition) is 1. The molecule has 5 nitrogen and oxygen atoms in total. The third-order valence-electron chi connectivity index (χ3n) is 4.67. The molecule has 0 bridgehead atoms. The molecular formula is C18H22F2N4O. The first kappa shape index (κ1) is 17.4. The van der Waals surface area contributed by atoms with Gasteiger partial charge >= 0.3 is 6.03 Å². The van der Waals surface area contributed by atoms with Gasteiger partial charge in [0.25, 0.3) is 0 Å². The normalized spacial score (nSPS) is 18.4. The zero-order valence-electron chi connectivity index (χ0n) is 14.2. The molecule has 25 heavy (non-hydrogen) atoms. The zero-order chi connectivity index (χ0) is 17.8. The third-order valence-corrected chi connectivity index (χ3v) is 4.67. The van der Waals surface area contributed by atoms with Crippen LogP contribution in [0.5, 0.6) is 0 Å². The van der Waals surface area contributed by atoms with Crippen LogP contribution in [0.2, 0.25) is 0 Å². The fourth-order valence-electron chi connectivity index (χ4n) is 3.28. The number of hydrogen-bond acceptors (Lipinski definition) is 2. The lowest BCUT2D eigenvalue weighted by Crippen LogP contribution is -2.45. The van der Waals surface area contributed by atoms with E-state index in [4.69, 9.17) is 0 Å². The van der Waals surface area contributed by atoms with Crippen molar-refractivity contribution in [3.63, 3.8) is 0 Å². The van der Waals surface area contributed by atoms with Crippen molar-refractivity contribution in [2.45, 2.75) is 38.3 Å². The molecule has 2 aromatic rings. The van der Waals surface area contributed by atoms with E-state index in [0.717, 1.165) is 25.5 Å². The lowest BCUT2D eigenvalue weighted by molar-refractivity contribution is 0.187. The molecule has 0 saturated carbocycles. The van der Waals surface area contributed by atoms with Crippen molar-refractivity contribution in [1.29, 1.82) is 0 Å². The standard InChI is InChI=1S/C18H22F2N4O/c1-13(16-5-4-14(19)9-17(16)20)10-22-18(25)24-7-2-3-15(24)11-23-8-6-21-12-23/h4-6,8-9,12-13,15H,2-3,7,10-11H2,1H3,(H,22,25). The van der Waals surface area contributed by atoms with Gasteiger partial charge in [0.1, 0.15) is 11.6 Å². The van der Waals surface area contributed by atoms with E-state index in [1.807, 2.05) is 22.6 Å². The molecule has 1 aromatic heterocycles. The Labute approximate surface area is 145 Å². The van der Waals surface area contributed by atoms with Crippen LogP contribution in [0.3, 0.4) is 0 Å². The highest BCUT2D eigenvalue weighted by molar-refractivity contribution is 5.74. The molecule has 134 valence electrons. The van der Waals surface area contributed by atoms with E-state index in [0.29, 0.717) is 18.7 Å². The van der Waals surface area contributed by atoms with Gasteiger partial charge < -0.3 is 14.8 Å². The van der Waals surface area contributed by atoms with Crippen LogP contribution in [0, 0.1) is 11.6 Å². The molecule has 0 radical (unpaired) electrons. The van der Waals surface area contributed by atoms with E-state index < -0.39 is 11.6 Å². The Morgan fingerprint density at radius 1 is 1.44 bits per heavy atom. The smallest absolute Gasteiger partial charge is 0.317 e. The first-order valence-electron chi connectivity index (χ1n) is 8.49. The molecule has 1 aromatic carbocycles. The third kappa shape index (κ3) is 4.15. The summed E-state index contributed by atoms with van der Waals surface area (Å²) >= 11 is 0. The van der Waals surface area contributed by atoms with Gasteiger partial charge in [-0.25, -0.2) is 18.6 Å². The van der Waals surface area contributed by atoms with Gasteiger partial charge in [-0.15, -0.1) is 0 Å². The highest BCUT2D eigenvalue weighted by Gasteiger charge is 2.29.